The molecule has 2 rings (SSSR count). The predicted octanol–water partition coefficient (Wildman–Crippen LogP) is 4.05. The molecule has 0 atom stereocenters. The van der Waals surface area contributed by atoms with E-state index in [1.54, 1.807) is 0 Å². The zero-order valence-electron chi connectivity index (χ0n) is 14.4. The Bertz CT molecular complexity index is 669. The second-order valence-electron chi connectivity index (χ2n) is 5.26. The Morgan fingerprint density at radius 2 is 1.54 bits per heavy atom. The van der Waals surface area contributed by atoms with Crippen molar-refractivity contribution in [3.05, 3.63) is 48.0 Å². The molecule has 0 fully saturated rings. The standard InChI is InChI=1S/C19H24N2O3/c1-4-23-18-11-6-15(12-19(18)24-5-2)13-20-16-7-9-17(10-8-16)21-14(3)22/h6-12,20H,4-5,13H2,1-3H3,(H,21,22). The summed E-state index contributed by atoms with van der Waals surface area (Å²) in [6.07, 6.45) is 0. The van der Waals surface area contributed by atoms with E-state index in [-0.39, 0.29) is 5.91 Å². The molecule has 0 unspecified atom stereocenters. The molecule has 0 saturated heterocycles. The first-order valence-corrected chi connectivity index (χ1v) is 8.12. The maximum atomic E-state index is 11.0. The van der Waals surface area contributed by atoms with Gasteiger partial charge in [-0.3, -0.25) is 4.79 Å². The van der Waals surface area contributed by atoms with E-state index in [2.05, 4.69) is 10.6 Å². The van der Waals surface area contributed by atoms with Crippen molar-refractivity contribution in [1.82, 2.24) is 0 Å². The van der Waals surface area contributed by atoms with Crippen LogP contribution in [0.1, 0.15) is 26.3 Å². The smallest absolute Gasteiger partial charge is 0.221 e. The molecule has 0 aliphatic rings. The molecule has 0 spiro atoms. The third kappa shape index (κ3) is 5.19. The Kier molecular flexibility index (Phi) is 6.49. The molecule has 0 saturated carbocycles. The molecule has 0 aromatic heterocycles. The Hall–Kier alpha value is -2.69. The van der Waals surface area contributed by atoms with Gasteiger partial charge in [0.15, 0.2) is 11.5 Å². The molecule has 1 amide bonds. The lowest BCUT2D eigenvalue weighted by atomic mass is 10.2. The van der Waals surface area contributed by atoms with Gasteiger partial charge in [0.1, 0.15) is 0 Å². The highest BCUT2D eigenvalue weighted by Gasteiger charge is 2.06. The van der Waals surface area contributed by atoms with Crippen molar-refractivity contribution in [2.24, 2.45) is 0 Å². The van der Waals surface area contributed by atoms with E-state index in [1.165, 1.54) is 6.92 Å². The summed E-state index contributed by atoms with van der Waals surface area (Å²) in [4.78, 5) is 11.0. The van der Waals surface area contributed by atoms with Gasteiger partial charge in [0.05, 0.1) is 13.2 Å². The van der Waals surface area contributed by atoms with Crippen LogP contribution in [0.3, 0.4) is 0 Å². The van der Waals surface area contributed by atoms with Gasteiger partial charge < -0.3 is 20.1 Å². The number of nitrogens with one attached hydrogen (secondary N) is 2. The summed E-state index contributed by atoms with van der Waals surface area (Å²) in [5.41, 5.74) is 2.87. The zero-order chi connectivity index (χ0) is 17.4. The third-order valence-electron chi connectivity index (χ3n) is 3.31. The fraction of sp³-hybridized carbons (Fsp3) is 0.316. The average Bonchev–Trinajstić information content (AvgIpc) is 2.56. The summed E-state index contributed by atoms with van der Waals surface area (Å²) in [6.45, 7) is 7.28. The molecule has 24 heavy (non-hydrogen) atoms. The van der Waals surface area contributed by atoms with Crippen molar-refractivity contribution in [2.75, 3.05) is 23.8 Å². The van der Waals surface area contributed by atoms with Gasteiger partial charge in [0, 0.05) is 24.8 Å². The van der Waals surface area contributed by atoms with Gasteiger partial charge in [-0.2, -0.15) is 0 Å². The number of amides is 1. The zero-order valence-corrected chi connectivity index (χ0v) is 14.4. The van der Waals surface area contributed by atoms with E-state index < -0.39 is 0 Å². The molecule has 5 heteroatoms. The number of hydrogen-bond acceptors (Lipinski definition) is 4. The van der Waals surface area contributed by atoms with Crippen molar-refractivity contribution >= 4 is 17.3 Å². The number of ether oxygens (including phenoxy) is 2. The van der Waals surface area contributed by atoms with E-state index in [1.807, 2.05) is 56.3 Å². The quantitative estimate of drug-likeness (QED) is 0.767. The SMILES string of the molecule is CCOc1ccc(CNc2ccc(NC(C)=O)cc2)cc1OCC. The predicted molar refractivity (Wildman–Crippen MR) is 96.9 cm³/mol. The van der Waals surface area contributed by atoms with Crippen LogP contribution >= 0.6 is 0 Å². The minimum Gasteiger partial charge on any atom is -0.490 e. The van der Waals surface area contributed by atoms with E-state index >= 15 is 0 Å². The van der Waals surface area contributed by atoms with E-state index in [0.29, 0.717) is 19.8 Å². The summed E-state index contributed by atoms with van der Waals surface area (Å²) < 4.78 is 11.2. The van der Waals surface area contributed by atoms with Crippen LogP contribution < -0.4 is 20.1 Å². The van der Waals surface area contributed by atoms with Gasteiger partial charge in [0.2, 0.25) is 5.91 Å². The van der Waals surface area contributed by atoms with Crippen LogP contribution in [0.2, 0.25) is 0 Å². The van der Waals surface area contributed by atoms with Crippen LogP contribution in [0, 0.1) is 0 Å². The fourth-order valence-corrected chi connectivity index (χ4v) is 2.28. The number of carbonyl (C=O) groups excluding carboxylic acids is 1. The highest BCUT2D eigenvalue weighted by molar-refractivity contribution is 5.88. The van der Waals surface area contributed by atoms with Crippen molar-refractivity contribution < 1.29 is 14.3 Å². The number of carbonyl (C=O) groups is 1. The van der Waals surface area contributed by atoms with Gasteiger partial charge >= 0.3 is 0 Å². The number of hydrogen-bond donors (Lipinski definition) is 2. The summed E-state index contributed by atoms with van der Waals surface area (Å²) in [6, 6.07) is 13.6. The average molecular weight is 328 g/mol. The third-order valence-corrected chi connectivity index (χ3v) is 3.31. The van der Waals surface area contributed by atoms with Crippen LogP contribution in [0.5, 0.6) is 11.5 Å². The molecular weight excluding hydrogens is 304 g/mol. The fourth-order valence-electron chi connectivity index (χ4n) is 2.28. The van der Waals surface area contributed by atoms with Crippen LogP contribution in [-0.4, -0.2) is 19.1 Å². The lowest BCUT2D eigenvalue weighted by molar-refractivity contribution is -0.114. The highest BCUT2D eigenvalue weighted by Crippen LogP contribution is 2.29. The minimum atomic E-state index is -0.0754. The van der Waals surface area contributed by atoms with E-state index in [0.717, 1.165) is 28.4 Å². The topological polar surface area (TPSA) is 59.6 Å². The molecule has 5 nitrogen and oxygen atoms in total. The minimum absolute atomic E-state index is 0.0754. The van der Waals surface area contributed by atoms with E-state index in [4.69, 9.17) is 9.47 Å². The van der Waals surface area contributed by atoms with Crippen LogP contribution in [0.25, 0.3) is 0 Å². The molecule has 128 valence electrons. The Morgan fingerprint density at radius 3 is 2.17 bits per heavy atom. The number of anilines is 2. The lowest BCUT2D eigenvalue weighted by Crippen LogP contribution is -2.06. The van der Waals surface area contributed by atoms with Crippen molar-refractivity contribution in [3.8, 4) is 11.5 Å². The molecule has 0 radical (unpaired) electrons. The number of rotatable bonds is 8. The van der Waals surface area contributed by atoms with Crippen molar-refractivity contribution in [3.63, 3.8) is 0 Å². The summed E-state index contributed by atoms with van der Waals surface area (Å²) in [5.74, 6) is 1.45. The first-order valence-electron chi connectivity index (χ1n) is 8.12. The highest BCUT2D eigenvalue weighted by atomic mass is 16.5. The molecule has 2 aromatic rings. The molecule has 0 aliphatic carbocycles. The monoisotopic (exact) mass is 328 g/mol. The normalized spacial score (nSPS) is 10.1. The second-order valence-corrected chi connectivity index (χ2v) is 5.26. The largest absolute Gasteiger partial charge is 0.490 e. The summed E-state index contributed by atoms with van der Waals surface area (Å²) in [5, 5.41) is 6.10. The molecule has 2 aromatic carbocycles. The van der Waals surface area contributed by atoms with Gasteiger partial charge in [-0.15, -0.1) is 0 Å². The van der Waals surface area contributed by atoms with Gasteiger partial charge in [0.25, 0.3) is 0 Å². The van der Waals surface area contributed by atoms with Crippen LogP contribution in [-0.2, 0) is 11.3 Å². The summed E-state index contributed by atoms with van der Waals surface area (Å²) in [7, 11) is 0. The van der Waals surface area contributed by atoms with E-state index in [9.17, 15) is 4.79 Å². The maximum Gasteiger partial charge on any atom is 0.221 e. The lowest BCUT2D eigenvalue weighted by Gasteiger charge is -2.13. The Labute approximate surface area is 143 Å². The Morgan fingerprint density at radius 1 is 0.917 bits per heavy atom. The van der Waals surface area contributed by atoms with Gasteiger partial charge in [-0.25, -0.2) is 0 Å². The first kappa shape index (κ1) is 17.7. The first-order chi connectivity index (χ1) is 11.6. The van der Waals surface area contributed by atoms with Crippen LogP contribution in [0.15, 0.2) is 42.5 Å². The Balaban J connectivity index is 2.00. The van der Waals surface area contributed by atoms with Gasteiger partial charge in [-0.05, 0) is 55.8 Å². The molecule has 0 bridgehead atoms. The molecule has 0 aliphatic heterocycles. The maximum absolute atomic E-state index is 11.0. The molecular formula is C19H24N2O3. The van der Waals surface area contributed by atoms with Crippen molar-refractivity contribution in [1.29, 1.82) is 0 Å². The van der Waals surface area contributed by atoms with Crippen LogP contribution in [0.4, 0.5) is 11.4 Å². The second kappa shape index (κ2) is 8.82. The van der Waals surface area contributed by atoms with Gasteiger partial charge in [-0.1, -0.05) is 6.07 Å². The summed E-state index contributed by atoms with van der Waals surface area (Å²) >= 11 is 0. The number of benzene rings is 2. The van der Waals surface area contributed by atoms with Crippen molar-refractivity contribution in [2.45, 2.75) is 27.3 Å². The molecule has 2 N–H and O–H groups in total. The molecule has 0 heterocycles.